The molecule has 11 heteroatoms. The molecule has 0 unspecified atom stereocenters. The van der Waals surface area contributed by atoms with Crippen molar-refractivity contribution in [1.29, 1.82) is 0 Å². The lowest BCUT2D eigenvalue weighted by Gasteiger charge is -2.22. The van der Waals surface area contributed by atoms with Crippen LogP contribution in [0.2, 0.25) is 0 Å². The Morgan fingerprint density at radius 3 is 2.90 bits per heavy atom. The Hall–Kier alpha value is -3.28. The van der Waals surface area contributed by atoms with Gasteiger partial charge in [-0.05, 0) is 12.1 Å². The number of nitrogens with two attached hydrogens (primary N) is 1. The summed E-state index contributed by atoms with van der Waals surface area (Å²) >= 11 is 0. The van der Waals surface area contributed by atoms with Crippen molar-refractivity contribution in [2.75, 3.05) is 24.7 Å². The smallest absolute Gasteiger partial charge is 0.340 e. The van der Waals surface area contributed by atoms with Crippen LogP contribution in [0.5, 0.6) is 0 Å². The van der Waals surface area contributed by atoms with Crippen LogP contribution >= 0.6 is 0 Å². The zero-order chi connectivity index (χ0) is 20.5. The number of nitrogen functional groups attached to an aromatic ring is 1. The summed E-state index contributed by atoms with van der Waals surface area (Å²) in [7, 11) is 1.69. The maximum absolute atomic E-state index is 12.8. The number of imidazole rings is 1. The first kappa shape index (κ1) is 19.1. The number of nitrogens with zero attached hydrogens (tertiary/aromatic N) is 4. The number of hydrogen-bond acceptors (Lipinski definition) is 10. The van der Waals surface area contributed by atoms with Gasteiger partial charge in [-0.25, -0.2) is 19.7 Å². The van der Waals surface area contributed by atoms with Gasteiger partial charge in [0.05, 0.1) is 18.5 Å². The Bertz CT molecular complexity index is 1040. The van der Waals surface area contributed by atoms with Crippen LogP contribution in [-0.4, -0.2) is 67.7 Å². The van der Waals surface area contributed by atoms with Gasteiger partial charge in [-0.2, -0.15) is 0 Å². The van der Waals surface area contributed by atoms with Crippen molar-refractivity contribution in [2.45, 2.75) is 24.5 Å². The number of fused-ring (bicyclic) bond motifs is 1. The van der Waals surface area contributed by atoms with Gasteiger partial charge in [-0.15, -0.1) is 0 Å². The van der Waals surface area contributed by atoms with Gasteiger partial charge in [0.1, 0.15) is 24.1 Å². The molecule has 0 bridgehead atoms. The van der Waals surface area contributed by atoms with E-state index in [1.165, 1.54) is 17.2 Å². The van der Waals surface area contributed by atoms with Crippen molar-refractivity contribution in [3.8, 4) is 0 Å². The average molecular weight is 400 g/mol. The Morgan fingerprint density at radius 1 is 1.34 bits per heavy atom. The first-order valence-electron chi connectivity index (χ1n) is 8.90. The summed E-state index contributed by atoms with van der Waals surface area (Å²) in [6.45, 7) is -0.456. The molecule has 2 aromatic heterocycles. The summed E-state index contributed by atoms with van der Waals surface area (Å²) in [4.78, 5) is 25.0. The molecule has 3 aromatic rings. The Kier molecular flexibility index (Phi) is 5.01. The minimum absolute atomic E-state index is 0.183. The summed E-state index contributed by atoms with van der Waals surface area (Å²) in [5.74, 6) is -0.466. The highest BCUT2D eigenvalue weighted by atomic mass is 16.6. The summed E-state index contributed by atoms with van der Waals surface area (Å²) in [5.41, 5.74) is 7.41. The van der Waals surface area contributed by atoms with Gasteiger partial charge in [0.25, 0.3) is 0 Å². The quantitative estimate of drug-likeness (QED) is 0.427. The maximum Gasteiger partial charge on any atom is 0.340 e. The van der Waals surface area contributed by atoms with E-state index in [9.17, 15) is 15.0 Å². The van der Waals surface area contributed by atoms with E-state index in [2.05, 4.69) is 20.3 Å². The largest absolute Gasteiger partial charge is 0.451 e. The van der Waals surface area contributed by atoms with E-state index in [-0.39, 0.29) is 5.82 Å². The first-order valence-corrected chi connectivity index (χ1v) is 8.90. The third-order valence-corrected chi connectivity index (χ3v) is 4.81. The number of aromatic nitrogens is 4. The summed E-state index contributed by atoms with van der Waals surface area (Å²) in [5, 5.41) is 23.1. The second kappa shape index (κ2) is 7.62. The van der Waals surface area contributed by atoms with E-state index in [1.54, 1.807) is 31.3 Å². The minimum atomic E-state index is -1.26. The normalized spacial score (nSPS) is 24.0. The van der Waals surface area contributed by atoms with Crippen LogP contribution in [-0.2, 0) is 9.47 Å². The molecule has 0 amide bonds. The van der Waals surface area contributed by atoms with Crippen molar-refractivity contribution >= 4 is 28.6 Å². The number of para-hydroxylation sites is 1. The van der Waals surface area contributed by atoms with Gasteiger partial charge in [-0.3, -0.25) is 4.57 Å². The number of rotatable bonds is 5. The first-order chi connectivity index (χ1) is 14.0. The fourth-order valence-corrected chi connectivity index (χ4v) is 3.34. The van der Waals surface area contributed by atoms with Crippen molar-refractivity contribution < 1.29 is 24.5 Å². The van der Waals surface area contributed by atoms with E-state index < -0.39 is 37.1 Å². The molecule has 29 heavy (non-hydrogen) atoms. The summed E-state index contributed by atoms with van der Waals surface area (Å²) in [6, 6.07) is 6.82. The van der Waals surface area contributed by atoms with Crippen molar-refractivity contribution in [3.63, 3.8) is 0 Å². The molecule has 5 N–H and O–H groups in total. The Labute approximate surface area is 165 Å². The van der Waals surface area contributed by atoms with Gasteiger partial charge >= 0.3 is 5.97 Å². The molecule has 3 heterocycles. The molecule has 0 radical (unpaired) electrons. The summed E-state index contributed by atoms with van der Waals surface area (Å²) in [6.07, 6.45) is -1.60. The third kappa shape index (κ3) is 3.24. The zero-order valence-corrected chi connectivity index (χ0v) is 15.5. The van der Waals surface area contributed by atoms with Gasteiger partial charge in [0.15, 0.2) is 23.8 Å². The number of anilines is 2. The Balaban J connectivity index is 1.69. The van der Waals surface area contributed by atoms with Crippen LogP contribution in [0.25, 0.3) is 11.2 Å². The highest BCUT2D eigenvalue weighted by molar-refractivity contribution is 5.95. The highest BCUT2D eigenvalue weighted by Crippen LogP contribution is 2.34. The number of carbonyl (C=O) groups is 1. The molecule has 11 nitrogen and oxygen atoms in total. The molecule has 0 spiro atoms. The number of ether oxygens (including phenoxy) is 2. The van der Waals surface area contributed by atoms with Crippen LogP contribution in [0.4, 0.5) is 11.5 Å². The van der Waals surface area contributed by atoms with Gasteiger partial charge in [-0.1, -0.05) is 12.1 Å². The topological polar surface area (TPSA) is 158 Å². The minimum Gasteiger partial charge on any atom is -0.451 e. The predicted molar refractivity (Wildman–Crippen MR) is 102 cm³/mol. The third-order valence-electron chi connectivity index (χ3n) is 4.81. The standard InChI is InChI=1S/C18H20N6O5/c1-20-10-5-3-2-4-9(10)18(27)29-14-13(26)11(6-25)28-17(14)24-8-23-12-15(19)21-7-22-16(12)24/h2-5,7-8,11,13-14,17,20,25-26H,6H2,1H3,(H2,19,21,22)/t11-,13-,14-,17-/m1/s1. The highest BCUT2D eigenvalue weighted by Gasteiger charge is 2.47. The monoisotopic (exact) mass is 400 g/mol. The van der Waals surface area contributed by atoms with Crippen molar-refractivity contribution in [2.24, 2.45) is 0 Å². The van der Waals surface area contributed by atoms with E-state index in [1.807, 2.05) is 0 Å². The molecule has 1 fully saturated rings. The zero-order valence-electron chi connectivity index (χ0n) is 15.5. The number of carbonyl (C=O) groups excluding carboxylic acids is 1. The molecule has 1 aliphatic heterocycles. The fraction of sp³-hybridized carbons (Fsp3) is 0.333. The lowest BCUT2D eigenvalue weighted by Crippen LogP contribution is -2.37. The van der Waals surface area contributed by atoms with Crippen LogP contribution in [0, 0.1) is 0 Å². The number of aliphatic hydroxyl groups excluding tert-OH is 2. The van der Waals surface area contributed by atoms with Crippen LogP contribution < -0.4 is 11.1 Å². The van der Waals surface area contributed by atoms with Gasteiger partial charge in [0.2, 0.25) is 0 Å². The lowest BCUT2D eigenvalue weighted by atomic mass is 10.1. The molecule has 152 valence electrons. The van der Waals surface area contributed by atoms with Crippen molar-refractivity contribution in [1.82, 2.24) is 19.5 Å². The van der Waals surface area contributed by atoms with E-state index >= 15 is 0 Å². The van der Waals surface area contributed by atoms with Gasteiger partial charge < -0.3 is 30.7 Å². The summed E-state index contributed by atoms with van der Waals surface area (Å²) < 4.78 is 12.9. The second-order valence-electron chi connectivity index (χ2n) is 6.49. The van der Waals surface area contributed by atoms with Crippen LogP contribution in [0.1, 0.15) is 16.6 Å². The molecule has 1 aliphatic rings. The fourth-order valence-electron chi connectivity index (χ4n) is 3.34. The van der Waals surface area contributed by atoms with Crippen LogP contribution in [0.3, 0.4) is 0 Å². The molecule has 0 saturated carbocycles. The molecule has 0 aliphatic carbocycles. The second-order valence-corrected chi connectivity index (χ2v) is 6.49. The average Bonchev–Trinajstić information content (AvgIpc) is 3.30. The lowest BCUT2D eigenvalue weighted by molar-refractivity contribution is -0.0564. The number of benzene rings is 1. The molecule has 1 aromatic carbocycles. The van der Waals surface area contributed by atoms with E-state index in [4.69, 9.17) is 15.2 Å². The van der Waals surface area contributed by atoms with Gasteiger partial charge in [0, 0.05) is 12.7 Å². The molecular formula is C18H20N6O5. The SMILES string of the molecule is CNc1ccccc1C(=O)O[C@@H]1[C@H](O)[C@@H](CO)O[C@H]1n1cnc2c(N)ncnc21. The van der Waals surface area contributed by atoms with Crippen molar-refractivity contribution in [3.05, 3.63) is 42.5 Å². The molecule has 4 rings (SSSR count). The predicted octanol–water partition coefficient (Wildman–Crippen LogP) is -0.0736. The van der Waals surface area contributed by atoms with Crippen LogP contribution in [0.15, 0.2) is 36.9 Å². The number of hydrogen-bond donors (Lipinski definition) is 4. The Morgan fingerprint density at radius 2 is 2.14 bits per heavy atom. The maximum atomic E-state index is 12.8. The molecule has 4 atom stereocenters. The molecular weight excluding hydrogens is 380 g/mol. The number of nitrogens with one attached hydrogen (secondary N) is 1. The van der Waals surface area contributed by atoms with E-state index in [0.717, 1.165) is 0 Å². The van der Waals surface area contributed by atoms with E-state index in [0.29, 0.717) is 22.4 Å². The number of esters is 1. The molecule has 1 saturated heterocycles. The number of aliphatic hydroxyl groups is 2.